The van der Waals surface area contributed by atoms with Gasteiger partial charge >= 0.3 is 0 Å². The number of benzene rings is 3. The molecule has 0 unspecified atom stereocenters. The molecule has 0 fully saturated rings. The minimum Gasteiger partial charge on any atom is -0.426 e. The number of imidazole rings is 1. The van der Waals surface area contributed by atoms with Crippen LogP contribution in [0.5, 0.6) is 0 Å². The molecule has 0 aliphatic carbocycles. The largest absolute Gasteiger partial charge is 0.426 e. The van der Waals surface area contributed by atoms with Crippen molar-refractivity contribution in [3.05, 3.63) is 94.3 Å². The van der Waals surface area contributed by atoms with Gasteiger partial charge in [0.05, 0.1) is 17.3 Å². The van der Waals surface area contributed by atoms with Gasteiger partial charge in [-0.3, -0.25) is 4.79 Å². The fraction of sp³-hybridized carbons (Fsp3) is 0.207. The van der Waals surface area contributed by atoms with Gasteiger partial charge in [0.1, 0.15) is 0 Å². The Labute approximate surface area is 213 Å². The van der Waals surface area contributed by atoms with Gasteiger partial charge < -0.3 is 10.5 Å². The molecule has 4 aromatic rings. The lowest BCUT2D eigenvalue weighted by Crippen LogP contribution is -2.18. The lowest BCUT2D eigenvalue weighted by molar-refractivity contribution is -0.00824. The van der Waals surface area contributed by atoms with Crippen molar-refractivity contribution in [2.24, 2.45) is 0 Å². The number of aromatic nitrogens is 2. The molecule has 0 radical (unpaired) electrons. The number of alkyl halides is 2. The fourth-order valence-corrected chi connectivity index (χ4v) is 4.41. The molecule has 37 heavy (non-hydrogen) atoms. The molecule has 2 N–H and O–H groups in total. The van der Waals surface area contributed by atoms with Gasteiger partial charge in [0.2, 0.25) is 0 Å². The minimum atomic E-state index is -3.02. The summed E-state index contributed by atoms with van der Waals surface area (Å²) in [4.78, 5) is 17.4. The molecule has 8 heteroatoms. The highest BCUT2D eigenvalue weighted by Gasteiger charge is 2.29. The molecule has 0 saturated heterocycles. The van der Waals surface area contributed by atoms with Crippen molar-refractivity contribution >= 4 is 11.6 Å². The summed E-state index contributed by atoms with van der Waals surface area (Å²) in [5, 5.41) is 23.2. The van der Waals surface area contributed by atoms with Crippen LogP contribution in [-0.4, -0.2) is 20.8 Å². The van der Waals surface area contributed by atoms with E-state index in [4.69, 9.17) is 0 Å². The van der Waals surface area contributed by atoms with Gasteiger partial charge in [-0.2, -0.15) is 9.99 Å². The standard InChI is InChI=1S/C29H26F2N4O2/c1-5-29(30,31)22-10-7-11-23(15-22)34-28(36)26-19(4)33-27(35(26)37)20-12-13-21(16-32)24(14-20)25-17(2)8-6-9-18(25)3/h6-15,37H,5H2,1-4H3,(H,34,36). The molecule has 6 nitrogen and oxygen atoms in total. The van der Waals surface area contributed by atoms with Gasteiger partial charge in [-0.1, -0.05) is 37.3 Å². The van der Waals surface area contributed by atoms with Crippen LogP contribution in [0.1, 0.15) is 51.8 Å². The third-order valence-corrected chi connectivity index (χ3v) is 6.38. The van der Waals surface area contributed by atoms with Crippen molar-refractivity contribution in [3.63, 3.8) is 0 Å². The number of hydrogen-bond donors (Lipinski definition) is 2. The second-order valence-electron chi connectivity index (χ2n) is 8.91. The molecule has 4 rings (SSSR count). The third-order valence-electron chi connectivity index (χ3n) is 6.38. The molecule has 0 spiro atoms. The Hall–Kier alpha value is -4.51. The quantitative estimate of drug-likeness (QED) is 0.279. The Morgan fingerprint density at radius 3 is 2.41 bits per heavy atom. The van der Waals surface area contributed by atoms with E-state index in [9.17, 15) is 24.0 Å². The summed E-state index contributed by atoms with van der Waals surface area (Å²) in [6.07, 6.45) is -0.370. The van der Waals surface area contributed by atoms with E-state index in [0.717, 1.165) is 16.7 Å². The van der Waals surface area contributed by atoms with Crippen LogP contribution >= 0.6 is 0 Å². The molecular formula is C29H26F2N4O2. The first-order valence-electron chi connectivity index (χ1n) is 11.8. The van der Waals surface area contributed by atoms with Gasteiger partial charge in [-0.15, -0.1) is 0 Å². The van der Waals surface area contributed by atoms with Crippen LogP contribution in [0, 0.1) is 32.1 Å². The number of carbonyl (C=O) groups excluding carboxylic acids is 1. The van der Waals surface area contributed by atoms with E-state index in [1.165, 1.54) is 31.2 Å². The molecule has 0 aliphatic heterocycles. The van der Waals surface area contributed by atoms with Crippen molar-refractivity contribution in [3.8, 4) is 28.6 Å². The van der Waals surface area contributed by atoms with Crippen LogP contribution in [0.15, 0.2) is 60.7 Å². The Balaban J connectivity index is 1.73. The molecular weight excluding hydrogens is 474 g/mol. The van der Waals surface area contributed by atoms with Gasteiger partial charge in [-0.25, -0.2) is 13.8 Å². The number of nitrogens with zero attached hydrogens (tertiary/aromatic N) is 3. The molecule has 3 aromatic carbocycles. The van der Waals surface area contributed by atoms with E-state index in [0.29, 0.717) is 21.4 Å². The third kappa shape index (κ3) is 4.81. The SMILES string of the molecule is CCC(F)(F)c1cccc(NC(=O)c2c(C)nc(-c3ccc(C#N)c(-c4c(C)cccc4C)c3)n2O)c1. The Kier molecular flexibility index (Phi) is 6.82. The second-order valence-corrected chi connectivity index (χ2v) is 8.91. The van der Waals surface area contributed by atoms with Crippen LogP contribution < -0.4 is 5.32 Å². The van der Waals surface area contributed by atoms with Gasteiger partial charge in [0.15, 0.2) is 11.5 Å². The van der Waals surface area contributed by atoms with Crippen LogP contribution in [0.25, 0.3) is 22.5 Å². The lowest BCUT2D eigenvalue weighted by atomic mass is 9.91. The zero-order valence-corrected chi connectivity index (χ0v) is 20.9. The number of nitriles is 1. The zero-order valence-electron chi connectivity index (χ0n) is 20.9. The number of hydrogen-bond acceptors (Lipinski definition) is 4. The van der Waals surface area contributed by atoms with Crippen molar-refractivity contribution in [1.82, 2.24) is 9.71 Å². The van der Waals surface area contributed by atoms with Crippen molar-refractivity contribution < 1.29 is 18.8 Å². The smallest absolute Gasteiger partial charge is 0.277 e. The number of aryl methyl sites for hydroxylation is 3. The molecule has 0 atom stereocenters. The molecule has 1 amide bonds. The average Bonchev–Trinajstić information content (AvgIpc) is 3.17. The van der Waals surface area contributed by atoms with Crippen molar-refractivity contribution in [1.29, 1.82) is 5.26 Å². The van der Waals surface area contributed by atoms with E-state index in [2.05, 4.69) is 16.4 Å². The van der Waals surface area contributed by atoms with Crippen LogP contribution in [0.3, 0.4) is 0 Å². The fourth-order valence-electron chi connectivity index (χ4n) is 4.41. The number of amides is 1. The zero-order chi connectivity index (χ0) is 26.9. The molecule has 0 saturated carbocycles. The number of anilines is 1. The average molecular weight is 501 g/mol. The Morgan fingerprint density at radius 1 is 1.08 bits per heavy atom. The molecule has 0 bridgehead atoms. The van der Waals surface area contributed by atoms with E-state index in [1.807, 2.05) is 32.0 Å². The maximum Gasteiger partial charge on any atom is 0.277 e. The molecule has 1 aromatic heterocycles. The first kappa shape index (κ1) is 25.6. The minimum absolute atomic E-state index is 0.117. The summed E-state index contributed by atoms with van der Waals surface area (Å²) in [6, 6.07) is 18.6. The maximum absolute atomic E-state index is 14.1. The number of rotatable bonds is 6. The van der Waals surface area contributed by atoms with E-state index >= 15 is 0 Å². The lowest BCUT2D eigenvalue weighted by Gasteiger charge is -2.15. The van der Waals surface area contributed by atoms with Gasteiger partial charge in [-0.05, 0) is 67.8 Å². The predicted molar refractivity (Wildman–Crippen MR) is 138 cm³/mol. The van der Waals surface area contributed by atoms with Crippen molar-refractivity contribution in [2.45, 2.75) is 40.0 Å². The van der Waals surface area contributed by atoms with Gasteiger partial charge in [0.25, 0.3) is 11.8 Å². The van der Waals surface area contributed by atoms with Crippen molar-refractivity contribution in [2.75, 3.05) is 5.32 Å². The van der Waals surface area contributed by atoms with Gasteiger partial charge in [0, 0.05) is 28.8 Å². The summed E-state index contributed by atoms with van der Waals surface area (Å²) in [7, 11) is 0. The van der Waals surface area contributed by atoms with E-state index in [1.54, 1.807) is 25.1 Å². The number of nitrogens with one attached hydrogen (secondary N) is 1. The summed E-state index contributed by atoms with van der Waals surface area (Å²) in [6.45, 7) is 6.88. The van der Waals surface area contributed by atoms with Crippen LogP contribution in [0.4, 0.5) is 14.5 Å². The Bertz CT molecular complexity index is 1530. The summed E-state index contributed by atoms with van der Waals surface area (Å²) < 4.78 is 28.9. The van der Waals surface area contributed by atoms with Crippen LogP contribution in [-0.2, 0) is 5.92 Å². The topological polar surface area (TPSA) is 90.9 Å². The highest BCUT2D eigenvalue weighted by Crippen LogP contribution is 2.35. The molecule has 1 heterocycles. The Morgan fingerprint density at radius 2 is 1.76 bits per heavy atom. The first-order valence-corrected chi connectivity index (χ1v) is 11.8. The highest BCUT2D eigenvalue weighted by molar-refractivity contribution is 6.04. The summed E-state index contributed by atoms with van der Waals surface area (Å²) >= 11 is 0. The monoisotopic (exact) mass is 500 g/mol. The number of halogens is 2. The second kappa shape index (κ2) is 9.86. The molecule has 188 valence electrons. The first-order chi connectivity index (χ1) is 17.6. The summed E-state index contributed by atoms with van der Waals surface area (Å²) in [5.74, 6) is -3.60. The normalized spacial score (nSPS) is 11.3. The van der Waals surface area contributed by atoms with Crippen LogP contribution in [0.2, 0.25) is 0 Å². The molecule has 0 aliphatic rings. The van der Waals surface area contributed by atoms with E-state index in [-0.39, 0.29) is 34.9 Å². The highest BCUT2D eigenvalue weighted by atomic mass is 19.3. The number of carbonyl (C=O) groups is 1. The summed E-state index contributed by atoms with van der Waals surface area (Å²) in [5.41, 5.74) is 4.66. The predicted octanol–water partition coefficient (Wildman–Crippen LogP) is 7.01. The maximum atomic E-state index is 14.1. The van der Waals surface area contributed by atoms with E-state index < -0.39 is 11.8 Å².